The lowest BCUT2D eigenvalue weighted by molar-refractivity contribution is 0.0353. The van der Waals surface area contributed by atoms with Crippen molar-refractivity contribution in [2.75, 3.05) is 19.8 Å². The average molecular weight is 335 g/mol. The van der Waals surface area contributed by atoms with Gasteiger partial charge in [0, 0.05) is 12.6 Å². The van der Waals surface area contributed by atoms with Crippen LogP contribution in [0.3, 0.4) is 0 Å². The van der Waals surface area contributed by atoms with E-state index in [0.717, 1.165) is 17.8 Å². The van der Waals surface area contributed by atoms with Gasteiger partial charge in [0.1, 0.15) is 9.77 Å². The molecule has 21 heavy (non-hydrogen) atoms. The maximum Gasteiger partial charge on any atom is 0.347 e. The van der Waals surface area contributed by atoms with E-state index in [1.807, 2.05) is 0 Å². The molecule has 2 heterocycles. The van der Waals surface area contributed by atoms with Gasteiger partial charge in [0.15, 0.2) is 0 Å². The maximum absolute atomic E-state index is 12.2. The second kappa shape index (κ2) is 6.84. The molecule has 2 N–H and O–H groups in total. The molecule has 1 fully saturated rings. The Balaban J connectivity index is 1.96. The van der Waals surface area contributed by atoms with E-state index in [1.54, 1.807) is 6.92 Å². The van der Waals surface area contributed by atoms with Crippen molar-refractivity contribution >= 4 is 27.3 Å². The lowest BCUT2D eigenvalue weighted by atomic mass is 10.3. The van der Waals surface area contributed by atoms with Crippen LogP contribution in [0.1, 0.15) is 23.0 Å². The average Bonchev–Trinajstić information content (AvgIpc) is 3.07. The molecule has 0 radical (unpaired) electrons. The van der Waals surface area contributed by atoms with Gasteiger partial charge in [-0.15, -0.1) is 11.3 Å². The van der Waals surface area contributed by atoms with Gasteiger partial charge in [-0.25, -0.2) is 17.9 Å². The monoisotopic (exact) mass is 335 g/mol. The Hall–Kier alpha value is -1.00. The van der Waals surface area contributed by atoms with Crippen LogP contribution in [0.5, 0.6) is 0 Å². The Bertz CT molecular complexity index is 591. The van der Waals surface area contributed by atoms with Gasteiger partial charge in [-0.2, -0.15) is 0 Å². The van der Waals surface area contributed by atoms with Crippen molar-refractivity contribution in [3.05, 3.63) is 16.3 Å². The summed E-state index contributed by atoms with van der Waals surface area (Å²) in [4.78, 5) is 10.6. The van der Waals surface area contributed by atoms with E-state index in [-0.39, 0.29) is 22.5 Å². The standard InChI is InChI=1S/C12H17NO6S2/c1-8(6-19-9-2-4-18-7-9)13-21(16,17)10-3-5-20-11(10)12(14)15/h3,5,8-9,13H,2,4,6-7H2,1H3,(H,14,15). The van der Waals surface area contributed by atoms with Crippen molar-refractivity contribution in [2.24, 2.45) is 0 Å². The summed E-state index contributed by atoms with van der Waals surface area (Å²) in [5.74, 6) is -1.25. The third-order valence-electron chi connectivity index (χ3n) is 2.94. The van der Waals surface area contributed by atoms with Gasteiger partial charge in [-0.3, -0.25) is 0 Å². The van der Waals surface area contributed by atoms with E-state index in [4.69, 9.17) is 14.6 Å². The fourth-order valence-electron chi connectivity index (χ4n) is 1.95. The highest BCUT2D eigenvalue weighted by atomic mass is 32.2. The molecule has 2 unspecified atom stereocenters. The zero-order chi connectivity index (χ0) is 15.5. The first-order valence-electron chi connectivity index (χ1n) is 6.42. The lowest BCUT2D eigenvalue weighted by Crippen LogP contribution is -2.37. The molecule has 0 bridgehead atoms. The van der Waals surface area contributed by atoms with Gasteiger partial charge in [-0.1, -0.05) is 0 Å². The van der Waals surface area contributed by atoms with Gasteiger partial charge in [0.2, 0.25) is 10.0 Å². The molecule has 1 saturated heterocycles. The van der Waals surface area contributed by atoms with Crippen LogP contribution in [-0.4, -0.2) is 51.5 Å². The van der Waals surface area contributed by atoms with Crippen LogP contribution in [-0.2, 0) is 19.5 Å². The minimum absolute atomic E-state index is 0.00678. The van der Waals surface area contributed by atoms with Gasteiger partial charge >= 0.3 is 5.97 Å². The van der Waals surface area contributed by atoms with E-state index >= 15 is 0 Å². The van der Waals surface area contributed by atoms with Gasteiger partial charge < -0.3 is 14.6 Å². The van der Waals surface area contributed by atoms with Crippen LogP contribution < -0.4 is 4.72 Å². The number of thiophene rings is 1. The predicted molar refractivity (Wildman–Crippen MR) is 76.2 cm³/mol. The van der Waals surface area contributed by atoms with Crippen molar-refractivity contribution in [1.29, 1.82) is 0 Å². The Morgan fingerprint density at radius 2 is 2.43 bits per heavy atom. The molecule has 1 aromatic rings. The quantitative estimate of drug-likeness (QED) is 0.768. The van der Waals surface area contributed by atoms with Crippen LogP contribution in [0, 0.1) is 0 Å². The fourth-order valence-corrected chi connectivity index (χ4v) is 4.44. The fraction of sp³-hybridized carbons (Fsp3) is 0.583. The number of nitrogens with one attached hydrogen (secondary N) is 1. The van der Waals surface area contributed by atoms with Crippen LogP contribution >= 0.6 is 11.3 Å². The second-order valence-electron chi connectivity index (χ2n) is 4.76. The molecular weight excluding hydrogens is 318 g/mol. The summed E-state index contributed by atoms with van der Waals surface area (Å²) in [6, 6.07) is 0.826. The highest BCUT2D eigenvalue weighted by molar-refractivity contribution is 7.89. The largest absolute Gasteiger partial charge is 0.477 e. The minimum atomic E-state index is -3.87. The highest BCUT2D eigenvalue weighted by Crippen LogP contribution is 2.22. The lowest BCUT2D eigenvalue weighted by Gasteiger charge is -2.16. The van der Waals surface area contributed by atoms with Crippen molar-refractivity contribution in [2.45, 2.75) is 30.4 Å². The van der Waals surface area contributed by atoms with Crippen molar-refractivity contribution in [3.8, 4) is 0 Å². The van der Waals surface area contributed by atoms with E-state index in [0.29, 0.717) is 13.2 Å². The SMILES string of the molecule is CC(COC1CCOC1)NS(=O)(=O)c1ccsc1C(=O)O. The van der Waals surface area contributed by atoms with E-state index in [9.17, 15) is 13.2 Å². The first-order chi connectivity index (χ1) is 9.90. The number of hydrogen-bond donors (Lipinski definition) is 2. The molecule has 0 amide bonds. The Morgan fingerprint density at radius 1 is 1.67 bits per heavy atom. The molecule has 2 rings (SSSR count). The van der Waals surface area contributed by atoms with Gasteiger partial charge in [-0.05, 0) is 24.8 Å². The molecule has 0 saturated carbocycles. The number of carboxylic acids is 1. The van der Waals surface area contributed by atoms with Crippen LogP contribution in [0.2, 0.25) is 0 Å². The Labute approximate surface area is 126 Å². The Morgan fingerprint density at radius 3 is 3.05 bits per heavy atom. The molecule has 0 aromatic carbocycles. The molecule has 2 atom stereocenters. The number of sulfonamides is 1. The smallest absolute Gasteiger partial charge is 0.347 e. The summed E-state index contributed by atoms with van der Waals surface area (Å²) in [7, 11) is -3.87. The summed E-state index contributed by atoms with van der Waals surface area (Å²) in [5.41, 5.74) is 0. The highest BCUT2D eigenvalue weighted by Gasteiger charge is 2.26. The topological polar surface area (TPSA) is 102 Å². The summed E-state index contributed by atoms with van der Waals surface area (Å²) >= 11 is 0.879. The zero-order valence-corrected chi connectivity index (χ0v) is 13.1. The molecule has 0 spiro atoms. The molecular formula is C12H17NO6S2. The Kier molecular flexibility index (Phi) is 5.33. The molecule has 1 aliphatic heterocycles. The molecule has 1 aromatic heterocycles. The number of carbonyl (C=O) groups is 1. The third-order valence-corrected chi connectivity index (χ3v) is 5.60. The predicted octanol–water partition coefficient (Wildman–Crippen LogP) is 0.919. The number of hydrogen-bond acceptors (Lipinski definition) is 6. The number of aromatic carboxylic acids is 1. The normalized spacial score (nSPS) is 20.5. The molecule has 9 heteroatoms. The minimum Gasteiger partial charge on any atom is -0.477 e. The number of ether oxygens (including phenoxy) is 2. The zero-order valence-electron chi connectivity index (χ0n) is 11.4. The first kappa shape index (κ1) is 16.4. The number of rotatable bonds is 7. The third kappa shape index (κ3) is 4.24. The second-order valence-corrected chi connectivity index (χ2v) is 7.36. The van der Waals surface area contributed by atoms with E-state index in [1.165, 1.54) is 11.4 Å². The summed E-state index contributed by atoms with van der Waals surface area (Å²) in [6.45, 7) is 3.05. The van der Waals surface area contributed by atoms with Crippen molar-refractivity contribution in [1.82, 2.24) is 4.72 Å². The molecule has 1 aliphatic rings. The molecule has 118 valence electrons. The van der Waals surface area contributed by atoms with Gasteiger partial charge in [0.25, 0.3) is 0 Å². The van der Waals surface area contributed by atoms with Crippen LogP contribution in [0.15, 0.2) is 16.3 Å². The van der Waals surface area contributed by atoms with Crippen molar-refractivity contribution < 1.29 is 27.8 Å². The summed E-state index contributed by atoms with van der Waals surface area (Å²) in [6.07, 6.45) is 0.792. The van der Waals surface area contributed by atoms with Gasteiger partial charge in [0.05, 0.1) is 19.3 Å². The van der Waals surface area contributed by atoms with Crippen molar-refractivity contribution in [3.63, 3.8) is 0 Å². The first-order valence-corrected chi connectivity index (χ1v) is 8.79. The van der Waals surface area contributed by atoms with E-state index in [2.05, 4.69) is 4.72 Å². The van der Waals surface area contributed by atoms with Crippen LogP contribution in [0.4, 0.5) is 0 Å². The summed E-state index contributed by atoms with van der Waals surface area (Å²) in [5, 5.41) is 10.4. The maximum atomic E-state index is 12.2. The molecule has 7 nitrogen and oxygen atoms in total. The van der Waals surface area contributed by atoms with Crippen LogP contribution in [0.25, 0.3) is 0 Å². The number of carboxylic acid groups (broad SMARTS) is 1. The molecule has 0 aliphatic carbocycles. The summed E-state index contributed by atoms with van der Waals surface area (Å²) < 4.78 is 37.5. The van der Waals surface area contributed by atoms with E-state index < -0.39 is 22.0 Å².